The van der Waals surface area contributed by atoms with Crippen molar-refractivity contribution in [1.29, 1.82) is 0 Å². The van der Waals surface area contributed by atoms with Crippen molar-refractivity contribution in [3.63, 3.8) is 0 Å². The van der Waals surface area contributed by atoms with E-state index in [4.69, 9.17) is 0 Å². The zero-order chi connectivity index (χ0) is 19.9. The third kappa shape index (κ3) is 3.62. The molecule has 8 heteroatoms. The van der Waals surface area contributed by atoms with Crippen LogP contribution in [-0.4, -0.2) is 9.97 Å². The van der Waals surface area contributed by atoms with Crippen molar-refractivity contribution in [3.05, 3.63) is 78.4 Å². The molecule has 0 atom stereocenters. The summed E-state index contributed by atoms with van der Waals surface area (Å²) < 4.78 is 39.0. The molecule has 2 heterocycles. The van der Waals surface area contributed by atoms with Gasteiger partial charge in [0, 0.05) is 29.3 Å². The molecule has 1 aromatic carbocycles. The molecule has 3 rings (SSSR count). The summed E-state index contributed by atoms with van der Waals surface area (Å²) in [5, 5.41) is 0. The van der Waals surface area contributed by atoms with Gasteiger partial charge in [-0.2, -0.15) is 13.2 Å². The molecule has 4 nitrogen and oxygen atoms in total. The van der Waals surface area contributed by atoms with Crippen molar-refractivity contribution in [2.45, 2.75) is 20.0 Å². The topological polar surface area (TPSA) is 65.7 Å². The molecule has 0 aliphatic rings. The maximum atomic E-state index is 12.9. The molecular formula is C19H14BrF3N2O2. The number of hydrogen-bond donors (Lipinski definition) is 2. The van der Waals surface area contributed by atoms with E-state index in [1.165, 1.54) is 24.4 Å². The van der Waals surface area contributed by atoms with Gasteiger partial charge in [-0.15, -0.1) is 0 Å². The fraction of sp³-hybridized carbons (Fsp3) is 0.158. The number of aromatic nitrogens is 2. The van der Waals surface area contributed by atoms with Gasteiger partial charge in [-0.05, 0) is 47.5 Å². The maximum absolute atomic E-state index is 12.9. The van der Waals surface area contributed by atoms with Gasteiger partial charge in [-0.25, -0.2) is 0 Å². The average Bonchev–Trinajstić information content (AvgIpc) is 2.60. The van der Waals surface area contributed by atoms with E-state index in [0.717, 1.165) is 12.1 Å². The van der Waals surface area contributed by atoms with Gasteiger partial charge in [-0.3, -0.25) is 9.59 Å². The number of aromatic amines is 2. The van der Waals surface area contributed by atoms with E-state index in [1.807, 2.05) is 0 Å². The van der Waals surface area contributed by atoms with E-state index in [2.05, 4.69) is 25.9 Å². The second kappa shape index (κ2) is 6.84. The molecule has 2 N–H and O–H groups in total. The van der Waals surface area contributed by atoms with Gasteiger partial charge in [0.1, 0.15) is 0 Å². The van der Waals surface area contributed by atoms with Gasteiger partial charge < -0.3 is 9.97 Å². The van der Waals surface area contributed by atoms with Crippen LogP contribution in [0.3, 0.4) is 0 Å². The van der Waals surface area contributed by atoms with Crippen LogP contribution in [0.25, 0.3) is 22.4 Å². The first kappa shape index (κ1) is 19.2. The lowest BCUT2D eigenvalue weighted by Gasteiger charge is -2.11. The lowest BCUT2D eigenvalue weighted by Crippen LogP contribution is -2.17. The summed E-state index contributed by atoms with van der Waals surface area (Å²) in [4.78, 5) is 31.0. The van der Waals surface area contributed by atoms with E-state index >= 15 is 0 Å². The summed E-state index contributed by atoms with van der Waals surface area (Å²) in [6, 6.07) is 5.86. The predicted molar refractivity (Wildman–Crippen MR) is 101 cm³/mol. The van der Waals surface area contributed by atoms with Crippen LogP contribution in [0.1, 0.15) is 17.0 Å². The lowest BCUT2D eigenvalue weighted by molar-refractivity contribution is -0.137. The molecule has 0 saturated carbocycles. The Labute approximate surface area is 160 Å². The maximum Gasteiger partial charge on any atom is 0.416 e. The number of pyridine rings is 2. The third-order valence-electron chi connectivity index (χ3n) is 4.19. The minimum Gasteiger partial charge on any atom is -0.361 e. The molecule has 2 aromatic heterocycles. The van der Waals surface area contributed by atoms with Crippen LogP contribution < -0.4 is 10.9 Å². The number of aryl methyl sites for hydroxylation is 2. The Morgan fingerprint density at radius 2 is 1.74 bits per heavy atom. The van der Waals surface area contributed by atoms with Gasteiger partial charge in [0.25, 0.3) is 0 Å². The fourth-order valence-electron chi connectivity index (χ4n) is 2.87. The molecule has 0 spiro atoms. The number of nitrogens with one attached hydrogen (secondary N) is 2. The number of hydrogen-bond acceptors (Lipinski definition) is 2. The molecule has 0 amide bonds. The summed E-state index contributed by atoms with van der Waals surface area (Å²) in [5.41, 5.74) is 0.372. The van der Waals surface area contributed by atoms with Gasteiger partial charge in [0.05, 0.1) is 21.2 Å². The van der Waals surface area contributed by atoms with Gasteiger partial charge in [0.15, 0.2) is 5.43 Å². The molecular weight excluding hydrogens is 425 g/mol. The smallest absolute Gasteiger partial charge is 0.361 e. The summed E-state index contributed by atoms with van der Waals surface area (Å²) in [5.74, 6) is 0. The van der Waals surface area contributed by atoms with E-state index in [0.29, 0.717) is 15.9 Å². The van der Waals surface area contributed by atoms with Crippen LogP contribution in [0.15, 0.2) is 50.6 Å². The third-order valence-corrected chi connectivity index (χ3v) is 5.14. The van der Waals surface area contributed by atoms with E-state index in [9.17, 15) is 22.8 Å². The minimum atomic E-state index is -4.48. The van der Waals surface area contributed by atoms with Gasteiger partial charge >= 0.3 is 6.18 Å². The normalized spacial score (nSPS) is 11.6. The fourth-order valence-corrected chi connectivity index (χ4v) is 3.17. The van der Waals surface area contributed by atoms with Crippen molar-refractivity contribution in [1.82, 2.24) is 9.97 Å². The molecule has 0 bridgehead atoms. The molecule has 0 saturated heterocycles. The molecule has 0 aliphatic heterocycles. The summed E-state index contributed by atoms with van der Waals surface area (Å²) in [7, 11) is 0. The lowest BCUT2D eigenvalue weighted by atomic mass is 10.0. The van der Waals surface area contributed by atoms with Crippen molar-refractivity contribution in [3.8, 4) is 22.4 Å². The molecule has 3 aromatic rings. The van der Waals surface area contributed by atoms with Gasteiger partial charge in [0.2, 0.25) is 5.43 Å². The first-order chi connectivity index (χ1) is 12.6. The molecule has 0 unspecified atom stereocenters. The van der Waals surface area contributed by atoms with Crippen LogP contribution in [-0.2, 0) is 6.18 Å². The number of halogens is 4. The number of benzene rings is 1. The molecule has 0 fully saturated rings. The van der Waals surface area contributed by atoms with E-state index in [-0.39, 0.29) is 27.8 Å². The summed E-state index contributed by atoms with van der Waals surface area (Å²) >= 11 is 3.20. The Bertz CT molecular complexity index is 1150. The predicted octanol–water partition coefficient (Wildman–Crippen LogP) is 4.80. The standard InChI is InChI=1S/C19H14BrF3N2O2/c1-9-16(18(27)17(20)10(2)25-9)13-8-24-14(7-15(13)26)11-4-3-5-12(6-11)19(21,22)23/h3-8H,1-2H3,(H,24,26)(H,25,27). The minimum absolute atomic E-state index is 0.144. The van der Waals surface area contributed by atoms with Crippen LogP contribution >= 0.6 is 15.9 Å². The zero-order valence-electron chi connectivity index (χ0n) is 14.3. The second-order valence-corrected chi connectivity index (χ2v) is 6.89. The van der Waals surface area contributed by atoms with Crippen molar-refractivity contribution >= 4 is 15.9 Å². The van der Waals surface area contributed by atoms with E-state index < -0.39 is 17.2 Å². The first-order valence-corrected chi connectivity index (χ1v) is 8.68. The Morgan fingerprint density at radius 3 is 2.37 bits per heavy atom. The highest BCUT2D eigenvalue weighted by Crippen LogP contribution is 2.31. The number of rotatable bonds is 2. The highest BCUT2D eigenvalue weighted by molar-refractivity contribution is 9.10. The SMILES string of the molecule is Cc1[nH]c(C)c(-c2c[nH]c(-c3cccc(C(F)(F)F)c3)cc2=O)c(=O)c1Br. The zero-order valence-corrected chi connectivity index (χ0v) is 15.9. The quantitative estimate of drug-likeness (QED) is 0.603. The average molecular weight is 439 g/mol. The summed E-state index contributed by atoms with van der Waals surface area (Å²) in [6.07, 6.45) is -3.13. The van der Waals surface area contributed by atoms with Crippen LogP contribution in [0, 0.1) is 13.8 Å². The molecule has 0 radical (unpaired) electrons. The van der Waals surface area contributed by atoms with Crippen molar-refractivity contribution < 1.29 is 13.2 Å². The summed E-state index contributed by atoms with van der Waals surface area (Å²) in [6.45, 7) is 3.40. The van der Waals surface area contributed by atoms with E-state index in [1.54, 1.807) is 13.8 Å². The van der Waals surface area contributed by atoms with Crippen molar-refractivity contribution in [2.24, 2.45) is 0 Å². The molecule has 140 valence electrons. The largest absolute Gasteiger partial charge is 0.416 e. The van der Waals surface area contributed by atoms with Gasteiger partial charge in [-0.1, -0.05) is 12.1 Å². The number of H-pyrrole nitrogens is 2. The Morgan fingerprint density at radius 1 is 1.04 bits per heavy atom. The Kier molecular flexibility index (Phi) is 4.86. The van der Waals surface area contributed by atoms with Crippen molar-refractivity contribution in [2.75, 3.05) is 0 Å². The second-order valence-electron chi connectivity index (χ2n) is 6.10. The monoisotopic (exact) mass is 438 g/mol. The molecule has 27 heavy (non-hydrogen) atoms. The Hall–Kier alpha value is -2.61. The number of alkyl halides is 3. The molecule has 0 aliphatic carbocycles. The highest BCUT2D eigenvalue weighted by Gasteiger charge is 2.30. The van der Waals surface area contributed by atoms with Crippen LogP contribution in [0.2, 0.25) is 0 Å². The highest BCUT2D eigenvalue weighted by atomic mass is 79.9. The van der Waals surface area contributed by atoms with Crippen LogP contribution in [0.4, 0.5) is 13.2 Å². The first-order valence-electron chi connectivity index (χ1n) is 7.89. The van der Waals surface area contributed by atoms with Crippen LogP contribution in [0.5, 0.6) is 0 Å². The Balaban J connectivity index is 2.13.